The van der Waals surface area contributed by atoms with E-state index in [9.17, 15) is 14.7 Å². The molecule has 0 bridgehead atoms. The van der Waals surface area contributed by atoms with Gasteiger partial charge >= 0.3 is 0 Å². The summed E-state index contributed by atoms with van der Waals surface area (Å²) in [7, 11) is 0. The Morgan fingerprint density at radius 3 is 2.58 bits per heavy atom. The zero-order valence-corrected chi connectivity index (χ0v) is 21.8. The molecule has 0 spiro atoms. The van der Waals surface area contributed by atoms with Crippen molar-refractivity contribution in [2.24, 2.45) is 5.92 Å². The summed E-state index contributed by atoms with van der Waals surface area (Å²) in [6.45, 7) is 11.5. The molecule has 9 heteroatoms. The second kappa shape index (κ2) is 10.8. The third-order valence-electron chi connectivity index (χ3n) is 6.64. The van der Waals surface area contributed by atoms with Gasteiger partial charge in [0.15, 0.2) is 0 Å². The van der Waals surface area contributed by atoms with Crippen molar-refractivity contribution < 1.29 is 19.2 Å². The normalized spacial score (nSPS) is 19.3. The highest BCUT2D eigenvalue weighted by Gasteiger charge is 2.43. The molecule has 1 aromatic carbocycles. The van der Waals surface area contributed by atoms with Gasteiger partial charge in [-0.15, -0.1) is 11.3 Å². The number of β-amino-alcohol motifs (C(OH)–C–C–N with tert-alkyl or cyclic N) is 1. The van der Waals surface area contributed by atoms with Crippen molar-refractivity contribution in [3.05, 3.63) is 65.1 Å². The minimum absolute atomic E-state index is 0.0933. The maximum atomic E-state index is 13.6. The van der Waals surface area contributed by atoms with Crippen molar-refractivity contribution in [3.63, 3.8) is 0 Å². The number of carbonyl (C=O) groups excluding carboxylic acids is 2. The van der Waals surface area contributed by atoms with Gasteiger partial charge in [-0.1, -0.05) is 49.8 Å². The fraction of sp³-hybridized carbons (Fsp3) is 0.407. The third-order valence-corrected chi connectivity index (χ3v) is 7.61. The second-order valence-electron chi connectivity index (χ2n) is 9.60. The first kappa shape index (κ1) is 25.8. The van der Waals surface area contributed by atoms with Crippen LogP contribution in [0.1, 0.15) is 61.9 Å². The molecule has 3 heterocycles. The first-order valence-corrected chi connectivity index (χ1v) is 13.0. The van der Waals surface area contributed by atoms with Gasteiger partial charge in [-0.05, 0) is 37.0 Å². The number of aliphatic hydroxyl groups excluding tert-OH is 1. The van der Waals surface area contributed by atoms with Crippen molar-refractivity contribution >= 4 is 29.2 Å². The first-order chi connectivity index (χ1) is 17.2. The molecular weight excluding hydrogens is 476 g/mol. The standard InChI is InChI=1S/C27H32N4O4S/c1-6-20-11-23(35-30-20)24(15(2)3)27(34)31-13-21(32)12-22(31)26(33)29-16(4)18-7-9-19(10-8-18)25-17(5)28-14-36-25/h6-11,14-16,21-22,24,32H,1,12-13H2,2-5H3,(H,29,33)/t16-,21+,22-,24-/m0/s1. The summed E-state index contributed by atoms with van der Waals surface area (Å²) in [5, 5.41) is 17.3. The van der Waals surface area contributed by atoms with E-state index >= 15 is 0 Å². The lowest BCUT2D eigenvalue weighted by atomic mass is 9.91. The molecule has 3 aromatic rings. The van der Waals surface area contributed by atoms with Crippen LogP contribution in [0.2, 0.25) is 0 Å². The summed E-state index contributed by atoms with van der Waals surface area (Å²) in [6.07, 6.45) is 0.970. The smallest absolute Gasteiger partial charge is 0.243 e. The molecule has 8 nitrogen and oxygen atoms in total. The van der Waals surface area contributed by atoms with Gasteiger partial charge in [-0.2, -0.15) is 0 Å². The van der Waals surface area contributed by atoms with Crippen LogP contribution in [0, 0.1) is 12.8 Å². The van der Waals surface area contributed by atoms with E-state index in [2.05, 4.69) is 22.0 Å². The number of aromatic nitrogens is 2. The molecule has 0 aliphatic carbocycles. The molecule has 1 aliphatic heterocycles. The third kappa shape index (κ3) is 5.27. The predicted molar refractivity (Wildman–Crippen MR) is 139 cm³/mol. The van der Waals surface area contributed by atoms with E-state index in [0.29, 0.717) is 11.5 Å². The molecule has 1 aliphatic rings. The molecule has 2 N–H and O–H groups in total. The topological polar surface area (TPSA) is 109 Å². The van der Waals surface area contributed by atoms with Crippen LogP contribution < -0.4 is 5.32 Å². The molecule has 0 radical (unpaired) electrons. The van der Waals surface area contributed by atoms with E-state index in [0.717, 1.165) is 21.7 Å². The minimum Gasteiger partial charge on any atom is -0.391 e. The number of likely N-dealkylation sites (tertiary alicyclic amines) is 1. The average molecular weight is 509 g/mol. The van der Waals surface area contributed by atoms with E-state index in [1.165, 1.54) is 4.90 Å². The van der Waals surface area contributed by atoms with Crippen LogP contribution in [0.5, 0.6) is 0 Å². The number of amides is 2. The summed E-state index contributed by atoms with van der Waals surface area (Å²) in [5.41, 5.74) is 5.40. The zero-order chi connectivity index (χ0) is 26.0. The number of nitrogens with one attached hydrogen (secondary N) is 1. The van der Waals surface area contributed by atoms with Crippen molar-refractivity contribution in [1.82, 2.24) is 20.4 Å². The van der Waals surface area contributed by atoms with Crippen molar-refractivity contribution in [2.45, 2.75) is 58.2 Å². The lowest BCUT2D eigenvalue weighted by Gasteiger charge is -2.29. The number of carbonyl (C=O) groups is 2. The Morgan fingerprint density at radius 1 is 1.28 bits per heavy atom. The number of aliphatic hydroxyl groups is 1. The highest BCUT2D eigenvalue weighted by atomic mass is 32.1. The number of rotatable bonds is 8. The van der Waals surface area contributed by atoms with Crippen molar-refractivity contribution in [1.29, 1.82) is 0 Å². The molecule has 1 saturated heterocycles. The van der Waals surface area contributed by atoms with Gasteiger partial charge in [-0.3, -0.25) is 9.59 Å². The number of benzene rings is 1. The Balaban J connectivity index is 1.48. The Bertz CT molecular complexity index is 1230. The summed E-state index contributed by atoms with van der Waals surface area (Å²) in [6, 6.07) is 8.68. The van der Waals surface area contributed by atoms with Gasteiger partial charge < -0.3 is 19.8 Å². The molecule has 0 saturated carbocycles. The van der Waals surface area contributed by atoms with Crippen LogP contribution in [0.25, 0.3) is 16.5 Å². The number of thiazole rings is 1. The number of hydrogen-bond donors (Lipinski definition) is 2. The van der Waals surface area contributed by atoms with Crippen LogP contribution in [0.3, 0.4) is 0 Å². The Labute approximate surface area is 215 Å². The van der Waals surface area contributed by atoms with Gasteiger partial charge in [0.1, 0.15) is 23.4 Å². The average Bonchev–Trinajstić information content (AvgIpc) is 3.58. The minimum atomic E-state index is -0.770. The van der Waals surface area contributed by atoms with Gasteiger partial charge in [-0.25, -0.2) is 4.98 Å². The van der Waals surface area contributed by atoms with E-state index in [-0.39, 0.29) is 36.7 Å². The second-order valence-corrected chi connectivity index (χ2v) is 10.4. The van der Waals surface area contributed by atoms with Crippen LogP contribution in [0.15, 0.2) is 46.9 Å². The number of aryl methyl sites for hydroxylation is 1. The Kier molecular flexibility index (Phi) is 7.70. The molecule has 36 heavy (non-hydrogen) atoms. The van der Waals surface area contributed by atoms with E-state index in [4.69, 9.17) is 4.52 Å². The van der Waals surface area contributed by atoms with Crippen LogP contribution in [0.4, 0.5) is 0 Å². The van der Waals surface area contributed by atoms with Gasteiger partial charge in [0, 0.05) is 19.0 Å². The fourth-order valence-corrected chi connectivity index (χ4v) is 5.47. The van der Waals surface area contributed by atoms with Gasteiger partial charge in [0.25, 0.3) is 0 Å². The maximum absolute atomic E-state index is 13.6. The molecular formula is C27H32N4O4S. The molecule has 190 valence electrons. The Morgan fingerprint density at radius 2 is 2.00 bits per heavy atom. The highest BCUT2D eigenvalue weighted by molar-refractivity contribution is 7.13. The summed E-state index contributed by atoms with van der Waals surface area (Å²) < 4.78 is 5.41. The van der Waals surface area contributed by atoms with Crippen molar-refractivity contribution in [3.8, 4) is 10.4 Å². The van der Waals surface area contributed by atoms with Crippen LogP contribution >= 0.6 is 11.3 Å². The van der Waals surface area contributed by atoms with E-state index < -0.39 is 18.1 Å². The van der Waals surface area contributed by atoms with Crippen LogP contribution in [-0.4, -0.2) is 50.7 Å². The maximum Gasteiger partial charge on any atom is 0.243 e. The quantitative estimate of drug-likeness (QED) is 0.469. The van der Waals surface area contributed by atoms with E-state index in [1.807, 2.05) is 57.5 Å². The zero-order valence-electron chi connectivity index (χ0n) is 21.0. The Hall–Kier alpha value is -3.30. The lowest BCUT2D eigenvalue weighted by molar-refractivity contribution is -0.141. The number of nitrogens with zero attached hydrogens (tertiary/aromatic N) is 3. The monoisotopic (exact) mass is 508 g/mol. The SMILES string of the molecule is C=Cc1cc([C@@H](C(=O)N2C[C@H](O)C[C@H]2C(=O)N[C@@H](C)c2ccc(-c3scnc3C)cc2)C(C)C)on1. The molecule has 4 atom stereocenters. The highest BCUT2D eigenvalue weighted by Crippen LogP contribution is 2.32. The first-order valence-electron chi connectivity index (χ1n) is 12.1. The molecule has 4 rings (SSSR count). The molecule has 0 unspecified atom stereocenters. The van der Waals surface area contributed by atoms with Gasteiger partial charge in [0.2, 0.25) is 11.8 Å². The molecule has 2 aromatic heterocycles. The van der Waals surface area contributed by atoms with Crippen LogP contribution in [-0.2, 0) is 9.59 Å². The summed E-state index contributed by atoms with van der Waals surface area (Å²) in [5.74, 6) is -0.835. The van der Waals surface area contributed by atoms with E-state index in [1.54, 1.807) is 23.5 Å². The van der Waals surface area contributed by atoms with Gasteiger partial charge in [0.05, 0.1) is 28.2 Å². The summed E-state index contributed by atoms with van der Waals surface area (Å²) >= 11 is 1.60. The molecule has 1 fully saturated rings. The lowest BCUT2D eigenvalue weighted by Crippen LogP contribution is -2.48. The predicted octanol–water partition coefficient (Wildman–Crippen LogP) is 4.33. The van der Waals surface area contributed by atoms with Crippen molar-refractivity contribution in [2.75, 3.05) is 6.54 Å². The molecule has 2 amide bonds. The summed E-state index contributed by atoms with van der Waals surface area (Å²) in [4.78, 5) is 33.8. The fourth-order valence-electron chi connectivity index (χ4n) is 4.66. The largest absolute Gasteiger partial charge is 0.391 e. The number of hydrogen-bond acceptors (Lipinski definition) is 7.